The highest BCUT2D eigenvalue weighted by atomic mass is 32.2. The molecule has 0 radical (unpaired) electrons. The fraction of sp³-hybridized carbons (Fsp3) is 0.208. The molecule has 3 rings (SSSR count). The fourth-order valence-corrected chi connectivity index (χ4v) is 4.72. The van der Waals surface area contributed by atoms with Gasteiger partial charge in [0.25, 0.3) is 15.9 Å². The number of aryl methyl sites for hydroxylation is 1. The van der Waals surface area contributed by atoms with Crippen molar-refractivity contribution in [3.05, 3.63) is 90.0 Å². The Bertz CT molecular complexity index is 1100. The number of carbonyl (C=O) groups is 1. The van der Waals surface area contributed by atoms with Crippen molar-refractivity contribution in [3.63, 3.8) is 0 Å². The molecule has 2 N–H and O–H groups in total. The number of amides is 1. The first-order valence-corrected chi connectivity index (χ1v) is 11.6. The molecule has 0 fully saturated rings. The molecule has 0 aliphatic heterocycles. The molecule has 1 amide bonds. The predicted octanol–water partition coefficient (Wildman–Crippen LogP) is 3.97. The molecule has 0 saturated carbocycles. The van der Waals surface area contributed by atoms with E-state index in [9.17, 15) is 18.3 Å². The number of sulfonamides is 1. The summed E-state index contributed by atoms with van der Waals surface area (Å²) in [5.41, 5.74) is 2.09. The zero-order chi connectivity index (χ0) is 22.3. The summed E-state index contributed by atoms with van der Waals surface area (Å²) in [6.45, 7) is 2.58. The van der Waals surface area contributed by atoms with Crippen LogP contribution >= 0.6 is 0 Å². The number of hydrogen-bond donors (Lipinski definition) is 2. The van der Waals surface area contributed by atoms with E-state index in [1.807, 2.05) is 18.2 Å². The Kier molecular flexibility index (Phi) is 7.31. The van der Waals surface area contributed by atoms with Gasteiger partial charge in [-0.05, 0) is 73.9 Å². The number of hydrogen-bond acceptors (Lipinski definition) is 4. The van der Waals surface area contributed by atoms with Crippen molar-refractivity contribution in [1.82, 2.24) is 5.32 Å². The highest BCUT2D eigenvalue weighted by molar-refractivity contribution is 7.92. The number of anilines is 1. The van der Waals surface area contributed by atoms with Crippen LogP contribution in [-0.4, -0.2) is 32.5 Å². The first-order valence-electron chi connectivity index (χ1n) is 10.2. The molecular weight excluding hydrogens is 412 g/mol. The van der Waals surface area contributed by atoms with Crippen molar-refractivity contribution < 1.29 is 18.3 Å². The molecule has 0 heterocycles. The average Bonchev–Trinajstić information content (AvgIpc) is 2.79. The summed E-state index contributed by atoms with van der Waals surface area (Å²) in [6, 6.07) is 21.9. The van der Waals surface area contributed by atoms with Crippen LogP contribution in [0.4, 0.5) is 5.69 Å². The van der Waals surface area contributed by atoms with Gasteiger partial charge in [0.2, 0.25) is 0 Å². The maximum atomic E-state index is 13.0. The second-order valence-corrected chi connectivity index (χ2v) is 8.92. The first-order chi connectivity index (χ1) is 14.9. The van der Waals surface area contributed by atoms with E-state index in [0.29, 0.717) is 24.3 Å². The molecule has 0 unspecified atom stereocenters. The van der Waals surface area contributed by atoms with E-state index in [0.717, 1.165) is 18.4 Å². The number of aromatic hydroxyl groups is 1. The summed E-state index contributed by atoms with van der Waals surface area (Å²) in [7, 11) is -3.72. The third-order valence-corrected chi connectivity index (χ3v) is 6.82. The van der Waals surface area contributed by atoms with Crippen molar-refractivity contribution in [3.8, 4) is 5.75 Å². The van der Waals surface area contributed by atoms with Gasteiger partial charge < -0.3 is 10.4 Å². The lowest BCUT2D eigenvalue weighted by Gasteiger charge is -2.23. The summed E-state index contributed by atoms with van der Waals surface area (Å²) in [5, 5.41) is 12.2. The van der Waals surface area contributed by atoms with Crippen LogP contribution < -0.4 is 9.62 Å². The van der Waals surface area contributed by atoms with Gasteiger partial charge in [0.1, 0.15) is 5.75 Å². The smallest absolute Gasteiger partial charge is 0.264 e. The van der Waals surface area contributed by atoms with Gasteiger partial charge in [0.05, 0.1) is 10.6 Å². The van der Waals surface area contributed by atoms with Crippen molar-refractivity contribution in [1.29, 1.82) is 0 Å². The SMILES string of the molecule is CCN(c1ccccc1)S(=O)(=O)c1ccc(C(=O)NCCCc2ccc(O)cc2)cc1. The molecule has 0 spiro atoms. The van der Waals surface area contributed by atoms with Crippen LogP contribution in [-0.2, 0) is 16.4 Å². The van der Waals surface area contributed by atoms with Gasteiger partial charge in [0, 0.05) is 18.7 Å². The highest BCUT2D eigenvalue weighted by Crippen LogP contribution is 2.23. The number of rotatable bonds is 9. The lowest BCUT2D eigenvalue weighted by atomic mass is 10.1. The number of phenolic OH excluding ortho intramolecular Hbond substituents is 1. The normalized spacial score (nSPS) is 11.1. The minimum Gasteiger partial charge on any atom is -0.508 e. The Labute approximate surface area is 183 Å². The van der Waals surface area contributed by atoms with Gasteiger partial charge in [-0.2, -0.15) is 0 Å². The molecule has 0 bridgehead atoms. The van der Waals surface area contributed by atoms with Crippen LogP contribution in [0.2, 0.25) is 0 Å². The standard InChI is InChI=1S/C24H26N2O4S/c1-2-26(21-8-4-3-5-9-21)31(29,30)23-16-12-20(13-17-23)24(28)25-18-6-7-19-10-14-22(27)15-11-19/h3-5,8-17,27H,2,6-7,18H2,1H3,(H,25,28). The predicted molar refractivity (Wildman–Crippen MR) is 122 cm³/mol. The van der Waals surface area contributed by atoms with Gasteiger partial charge in [-0.15, -0.1) is 0 Å². The van der Waals surface area contributed by atoms with Crippen LogP contribution in [0.1, 0.15) is 29.3 Å². The van der Waals surface area contributed by atoms with E-state index in [-0.39, 0.29) is 16.6 Å². The zero-order valence-electron chi connectivity index (χ0n) is 17.4. The van der Waals surface area contributed by atoms with Crippen molar-refractivity contribution in [2.75, 3.05) is 17.4 Å². The van der Waals surface area contributed by atoms with Crippen molar-refractivity contribution in [2.45, 2.75) is 24.7 Å². The highest BCUT2D eigenvalue weighted by Gasteiger charge is 2.23. The molecule has 3 aromatic carbocycles. The third kappa shape index (κ3) is 5.64. The van der Waals surface area contributed by atoms with Gasteiger partial charge in [0.15, 0.2) is 0 Å². The van der Waals surface area contributed by atoms with Crippen LogP contribution in [0, 0.1) is 0 Å². The average molecular weight is 439 g/mol. The molecule has 0 saturated heterocycles. The first kappa shape index (κ1) is 22.4. The summed E-state index contributed by atoms with van der Waals surface area (Å²) in [4.78, 5) is 12.5. The quantitative estimate of drug-likeness (QED) is 0.495. The largest absolute Gasteiger partial charge is 0.508 e. The molecule has 0 atom stereocenters. The number of benzene rings is 3. The molecule has 7 heteroatoms. The summed E-state index contributed by atoms with van der Waals surface area (Å²) in [6.07, 6.45) is 1.54. The third-order valence-electron chi connectivity index (χ3n) is 4.90. The van der Waals surface area contributed by atoms with E-state index in [1.54, 1.807) is 43.3 Å². The minimum atomic E-state index is -3.72. The number of phenols is 1. The zero-order valence-corrected chi connectivity index (χ0v) is 18.2. The molecule has 6 nitrogen and oxygen atoms in total. The molecule has 31 heavy (non-hydrogen) atoms. The van der Waals surface area contributed by atoms with Crippen molar-refractivity contribution >= 4 is 21.6 Å². The summed E-state index contributed by atoms with van der Waals surface area (Å²) in [5.74, 6) is -0.0154. The second kappa shape index (κ2) is 10.1. The Morgan fingerprint density at radius 3 is 2.19 bits per heavy atom. The molecule has 0 aliphatic rings. The molecule has 3 aromatic rings. The van der Waals surface area contributed by atoms with Gasteiger partial charge >= 0.3 is 0 Å². The summed E-state index contributed by atoms with van der Waals surface area (Å²) < 4.78 is 27.4. The number of para-hydroxylation sites is 1. The molecule has 0 aromatic heterocycles. The minimum absolute atomic E-state index is 0.141. The van der Waals surface area contributed by atoms with Crippen LogP contribution in [0.5, 0.6) is 5.75 Å². The maximum absolute atomic E-state index is 13.0. The van der Waals surface area contributed by atoms with E-state index in [2.05, 4.69) is 5.32 Å². The Balaban J connectivity index is 1.59. The van der Waals surface area contributed by atoms with Gasteiger partial charge in [-0.1, -0.05) is 30.3 Å². The Morgan fingerprint density at radius 2 is 1.58 bits per heavy atom. The Morgan fingerprint density at radius 1 is 0.935 bits per heavy atom. The van der Waals surface area contributed by atoms with E-state index in [1.165, 1.54) is 28.6 Å². The van der Waals surface area contributed by atoms with E-state index in [4.69, 9.17) is 0 Å². The second-order valence-electron chi connectivity index (χ2n) is 7.06. The van der Waals surface area contributed by atoms with Crippen LogP contribution in [0.3, 0.4) is 0 Å². The lowest BCUT2D eigenvalue weighted by molar-refractivity contribution is 0.0953. The van der Waals surface area contributed by atoms with Gasteiger partial charge in [-0.25, -0.2) is 8.42 Å². The van der Waals surface area contributed by atoms with Crippen LogP contribution in [0.25, 0.3) is 0 Å². The topological polar surface area (TPSA) is 86.7 Å². The van der Waals surface area contributed by atoms with E-state index < -0.39 is 10.0 Å². The summed E-state index contributed by atoms with van der Waals surface area (Å²) >= 11 is 0. The lowest BCUT2D eigenvalue weighted by Crippen LogP contribution is -2.30. The maximum Gasteiger partial charge on any atom is 0.264 e. The molecule has 0 aliphatic carbocycles. The molecule has 162 valence electrons. The fourth-order valence-electron chi connectivity index (χ4n) is 3.25. The number of nitrogens with zero attached hydrogens (tertiary/aromatic N) is 1. The van der Waals surface area contributed by atoms with Crippen molar-refractivity contribution in [2.24, 2.45) is 0 Å². The number of carbonyl (C=O) groups excluding carboxylic acids is 1. The van der Waals surface area contributed by atoms with Crippen LogP contribution in [0.15, 0.2) is 83.8 Å². The van der Waals surface area contributed by atoms with E-state index >= 15 is 0 Å². The Hall–Kier alpha value is -3.32. The van der Waals surface area contributed by atoms with Gasteiger partial charge in [-0.3, -0.25) is 9.10 Å². The molecular formula is C24H26N2O4S. The monoisotopic (exact) mass is 438 g/mol. The number of nitrogens with one attached hydrogen (secondary N) is 1.